The molecule has 0 N–H and O–H groups in total. The second-order valence-corrected chi connectivity index (χ2v) is 1.98. The summed E-state index contributed by atoms with van der Waals surface area (Å²) in [5.74, 6) is 0. The molecule has 1 rings (SSSR count). The lowest BCUT2D eigenvalue weighted by molar-refractivity contribution is 0.809. The zero-order valence-electron chi connectivity index (χ0n) is 6.57. The molecule has 1 aromatic heterocycles. The quantitative estimate of drug-likeness (QED) is 0.614. The highest BCUT2D eigenvalue weighted by atomic mass is 15.3. The van der Waals surface area contributed by atoms with Crippen LogP contribution < -0.4 is 5.49 Å². The van der Waals surface area contributed by atoms with E-state index in [0.717, 1.165) is 12.0 Å². The van der Waals surface area contributed by atoms with Crippen molar-refractivity contribution in [3.63, 3.8) is 0 Å². The van der Waals surface area contributed by atoms with Gasteiger partial charge in [0.15, 0.2) is 0 Å². The summed E-state index contributed by atoms with van der Waals surface area (Å²) >= 11 is 0. The van der Waals surface area contributed by atoms with Crippen LogP contribution in [0.5, 0.6) is 0 Å². The molecular formula is C8H11N3. The fourth-order valence-corrected chi connectivity index (χ4v) is 0.803. The second kappa shape index (κ2) is 3.71. The summed E-state index contributed by atoms with van der Waals surface area (Å²) < 4.78 is 1.64. The Balaban J connectivity index is 3.23. The van der Waals surface area contributed by atoms with Crippen molar-refractivity contribution in [1.29, 1.82) is 0 Å². The topological polar surface area (TPSA) is 30.2 Å². The van der Waals surface area contributed by atoms with Crippen molar-refractivity contribution in [3.05, 3.63) is 30.4 Å². The van der Waals surface area contributed by atoms with Crippen LogP contribution in [0.25, 0.3) is 6.20 Å². The van der Waals surface area contributed by atoms with Gasteiger partial charge in [0.25, 0.3) is 0 Å². The lowest BCUT2D eigenvalue weighted by Crippen LogP contribution is -2.18. The van der Waals surface area contributed by atoms with Crippen LogP contribution in [0.2, 0.25) is 0 Å². The first-order valence-electron chi connectivity index (χ1n) is 3.55. The largest absolute Gasteiger partial charge is 0.267 e. The summed E-state index contributed by atoms with van der Waals surface area (Å²) in [6, 6.07) is 3.76. The van der Waals surface area contributed by atoms with Crippen molar-refractivity contribution in [2.75, 3.05) is 6.54 Å². The third-order valence-electron chi connectivity index (χ3n) is 1.25. The van der Waals surface area contributed by atoms with Gasteiger partial charge in [0.1, 0.15) is 5.49 Å². The summed E-state index contributed by atoms with van der Waals surface area (Å²) in [6.07, 6.45) is 3.34. The SMILES string of the molecule is C=Cn1ncccc1=NCC. The Labute approximate surface area is 65.7 Å². The van der Waals surface area contributed by atoms with Gasteiger partial charge in [-0.1, -0.05) is 6.58 Å². The van der Waals surface area contributed by atoms with E-state index in [1.54, 1.807) is 17.1 Å². The van der Waals surface area contributed by atoms with Gasteiger partial charge in [-0.15, -0.1) is 0 Å². The molecule has 1 heterocycles. The minimum absolute atomic E-state index is 0.763. The molecule has 0 amide bonds. The third kappa shape index (κ3) is 1.77. The zero-order chi connectivity index (χ0) is 8.10. The van der Waals surface area contributed by atoms with Gasteiger partial charge in [0.2, 0.25) is 0 Å². The predicted octanol–water partition coefficient (Wildman–Crippen LogP) is 0.904. The van der Waals surface area contributed by atoms with E-state index in [0.29, 0.717) is 0 Å². The lowest BCUT2D eigenvalue weighted by atomic mass is 10.5. The van der Waals surface area contributed by atoms with Crippen LogP contribution in [0.3, 0.4) is 0 Å². The molecule has 0 saturated carbocycles. The molecule has 0 aliphatic rings. The Morgan fingerprint density at radius 1 is 1.82 bits per heavy atom. The fourth-order valence-electron chi connectivity index (χ4n) is 0.803. The molecule has 0 aliphatic carbocycles. The predicted molar refractivity (Wildman–Crippen MR) is 44.7 cm³/mol. The van der Waals surface area contributed by atoms with E-state index >= 15 is 0 Å². The number of aromatic nitrogens is 2. The van der Waals surface area contributed by atoms with E-state index in [9.17, 15) is 0 Å². The summed E-state index contributed by atoms with van der Waals surface area (Å²) in [7, 11) is 0. The average molecular weight is 149 g/mol. The first-order chi connectivity index (χ1) is 5.38. The Bertz CT molecular complexity index is 298. The molecule has 58 valence electrons. The minimum Gasteiger partial charge on any atom is -0.267 e. The van der Waals surface area contributed by atoms with E-state index in [-0.39, 0.29) is 0 Å². The number of rotatable bonds is 2. The zero-order valence-corrected chi connectivity index (χ0v) is 6.57. The van der Waals surface area contributed by atoms with Crippen molar-refractivity contribution < 1.29 is 0 Å². The molecule has 3 nitrogen and oxygen atoms in total. The van der Waals surface area contributed by atoms with Crippen LogP contribution in [0, 0.1) is 0 Å². The van der Waals surface area contributed by atoms with Crippen molar-refractivity contribution in [3.8, 4) is 0 Å². The maximum Gasteiger partial charge on any atom is 0.148 e. The van der Waals surface area contributed by atoms with Gasteiger partial charge in [-0.25, -0.2) is 4.68 Å². The highest BCUT2D eigenvalue weighted by molar-refractivity contribution is 5.12. The van der Waals surface area contributed by atoms with E-state index < -0.39 is 0 Å². The smallest absolute Gasteiger partial charge is 0.148 e. The van der Waals surface area contributed by atoms with Crippen LogP contribution in [0.4, 0.5) is 0 Å². The van der Waals surface area contributed by atoms with Crippen molar-refractivity contribution in [2.45, 2.75) is 6.92 Å². The van der Waals surface area contributed by atoms with Gasteiger partial charge in [-0.05, 0) is 19.1 Å². The maximum absolute atomic E-state index is 4.21. The summed E-state index contributed by atoms with van der Waals surface area (Å²) in [5.41, 5.74) is 0.838. The van der Waals surface area contributed by atoms with Crippen LogP contribution in [0.15, 0.2) is 29.9 Å². The van der Waals surface area contributed by atoms with Gasteiger partial charge in [0.05, 0.1) is 0 Å². The lowest BCUT2D eigenvalue weighted by Gasteiger charge is -1.95. The number of nitrogens with zero attached hydrogens (tertiary/aromatic N) is 3. The standard InChI is InChI=1S/C8H11N3/c1-3-9-8-6-5-7-10-11(8)4-2/h4-7H,2-3H2,1H3. The van der Waals surface area contributed by atoms with Gasteiger partial charge < -0.3 is 0 Å². The monoisotopic (exact) mass is 149 g/mol. The molecule has 0 radical (unpaired) electrons. The highest BCUT2D eigenvalue weighted by Crippen LogP contribution is 1.75. The number of hydrogen-bond acceptors (Lipinski definition) is 2. The normalized spacial score (nSPS) is 11.5. The second-order valence-electron chi connectivity index (χ2n) is 1.98. The molecule has 0 unspecified atom stereocenters. The van der Waals surface area contributed by atoms with Crippen LogP contribution in [-0.2, 0) is 0 Å². The molecule has 0 bridgehead atoms. The first-order valence-corrected chi connectivity index (χ1v) is 3.55. The van der Waals surface area contributed by atoms with Crippen LogP contribution in [-0.4, -0.2) is 16.3 Å². The van der Waals surface area contributed by atoms with E-state index in [1.807, 2.05) is 19.1 Å². The molecule has 0 saturated heterocycles. The third-order valence-corrected chi connectivity index (χ3v) is 1.25. The van der Waals surface area contributed by atoms with Crippen molar-refractivity contribution in [1.82, 2.24) is 9.78 Å². The Kier molecular flexibility index (Phi) is 2.60. The van der Waals surface area contributed by atoms with Crippen molar-refractivity contribution in [2.24, 2.45) is 4.99 Å². The maximum atomic E-state index is 4.21. The molecule has 0 aliphatic heterocycles. The van der Waals surface area contributed by atoms with E-state index in [4.69, 9.17) is 0 Å². The van der Waals surface area contributed by atoms with Gasteiger partial charge in [-0.2, -0.15) is 5.10 Å². The molecule has 11 heavy (non-hydrogen) atoms. The molecule has 3 heteroatoms. The molecule has 0 spiro atoms. The summed E-state index contributed by atoms with van der Waals surface area (Å²) in [4.78, 5) is 4.21. The molecule has 0 aromatic carbocycles. The average Bonchev–Trinajstić information content (AvgIpc) is 2.06. The van der Waals surface area contributed by atoms with E-state index in [2.05, 4.69) is 16.7 Å². The van der Waals surface area contributed by atoms with Gasteiger partial charge in [-0.3, -0.25) is 4.99 Å². The molecular weight excluding hydrogens is 138 g/mol. The molecule has 0 atom stereocenters. The molecule has 0 fully saturated rings. The summed E-state index contributed by atoms with van der Waals surface area (Å²) in [6.45, 7) is 6.36. The fraction of sp³-hybridized carbons (Fsp3) is 0.250. The Morgan fingerprint density at radius 3 is 3.27 bits per heavy atom. The van der Waals surface area contributed by atoms with Crippen LogP contribution >= 0.6 is 0 Å². The van der Waals surface area contributed by atoms with E-state index in [1.165, 1.54) is 0 Å². The van der Waals surface area contributed by atoms with Crippen molar-refractivity contribution >= 4 is 6.20 Å². The Hall–Kier alpha value is -1.38. The van der Waals surface area contributed by atoms with Gasteiger partial charge in [0, 0.05) is 18.9 Å². The summed E-state index contributed by atoms with van der Waals surface area (Å²) in [5, 5.41) is 4.02. The number of hydrogen-bond donors (Lipinski definition) is 0. The Morgan fingerprint density at radius 2 is 2.64 bits per heavy atom. The molecule has 1 aromatic rings. The first kappa shape index (κ1) is 7.72. The van der Waals surface area contributed by atoms with Gasteiger partial charge >= 0.3 is 0 Å². The highest BCUT2D eigenvalue weighted by Gasteiger charge is 1.83. The minimum atomic E-state index is 0.763. The van der Waals surface area contributed by atoms with Crippen LogP contribution in [0.1, 0.15) is 6.92 Å².